The molecule has 0 saturated carbocycles. The van der Waals surface area contributed by atoms with E-state index in [9.17, 15) is 9.18 Å². The van der Waals surface area contributed by atoms with E-state index in [1.165, 1.54) is 12.3 Å². The third-order valence-electron chi connectivity index (χ3n) is 3.76. The minimum absolute atomic E-state index is 0.0452. The maximum absolute atomic E-state index is 13.7. The summed E-state index contributed by atoms with van der Waals surface area (Å²) in [6.45, 7) is 2.06. The molecule has 7 nitrogen and oxygen atoms in total. The predicted octanol–water partition coefficient (Wildman–Crippen LogP) is 1.77. The van der Waals surface area contributed by atoms with Crippen molar-refractivity contribution < 1.29 is 9.18 Å². The van der Waals surface area contributed by atoms with Crippen LogP contribution in [0.15, 0.2) is 30.6 Å². The van der Waals surface area contributed by atoms with Crippen molar-refractivity contribution in [2.24, 2.45) is 0 Å². The Morgan fingerprint density at radius 2 is 2.13 bits per heavy atom. The number of aromatic amines is 1. The summed E-state index contributed by atoms with van der Waals surface area (Å²) < 4.78 is 13.7. The average molecular weight is 314 g/mol. The molecule has 0 spiro atoms. The molecule has 1 saturated heterocycles. The van der Waals surface area contributed by atoms with Gasteiger partial charge < -0.3 is 15.1 Å². The molecule has 2 amide bonds. The van der Waals surface area contributed by atoms with Crippen LogP contribution in [0.1, 0.15) is 5.56 Å². The number of benzene rings is 1. The van der Waals surface area contributed by atoms with E-state index >= 15 is 0 Å². The highest BCUT2D eigenvalue weighted by Crippen LogP contribution is 2.23. The number of hydrogen-bond donors (Lipinski definition) is 2. The second kappa shape index (κ2) is 6.36. The zero-order chi connectivity index (χ0) is 16.2. The molecule has 2 aromatic rings. The number of carbonyl (C=O) groups is 1. The molecule has 8 heteroatoms. The van der Waals surface area contributed by atoms with Gasteiger partial charge in [0, 0.05) is 32.4 Å². The van der Waals surface area contributed by atoms with Crippen LogP contribution in [0.3, 0.4) is 0 Å². The van der Waals surface area contributed by atoms with Crippen molar-refractivity contribution in [3.63, 3.8) is 0 Å². The maximum atomic E-state index is 13.7. The Morgan fingerprint density at radius 3 is 2.78 bits per heavy atom. The van der Waals surface area contributed by atoms with Crippen LogP contribution in [0.5, 0.6) is 0 Å². The SMILES string of the molecule is N#Cc1c(F)cccc1N1CCN(C(=O)Nc2cn[nH]c2)CC1. The molecular formula is C15H15FN6O. The zero-order valence-electron chi connectivity index (χ0n) is 12.3. The number of piperazine rings is 1. The summed E-state index contributed by atoms with van der Waals surface area (Å²) in [5.74, 6) is -0.523. The third-order valence-corrected chi connectivity index (χ3v) is 3.76. The van der Waals surface area contributed by atoms with E-state index in [1.54, 1.807) is 23.2 Å². The van der Waals surface area contributed by atoms with Crippen LogP contribution in [-0.2, 0) is 0 Å². The summed E-state index contributed by atoms with van der Waals surface area (Å²) in [7, 11) is 0. The summed E-state index contributed by atoms with van der Waals surface area (Å²) in [6, 6.07) is 6.29. The van der Waals surface area contributed by atoms with Crippen LogP contribution in [0.25, 0.3) is 0 Å². The fourth-order valence-electron chi connectivity index (χ4n) is 2.56. The second-order valence-electron chi connectivity index (χ2n) is 5.14. The Labute approximate surface area is 132 Å². The fraction of sp³-hybridized carbons (Fsp3) is 0.267. The number of hydrogen-bond acceptors (Lipinski definition) is 4. The first-order chi connectivity index (χ1) is 11.2. The van der Waals surface area contributed by atoms with Gasteiger partial charge in [0.05, 0.1) is 17.6 Å². The van der Waals surface area contributed by atoms with E-state index in [0.29, 0.717) is 37.6 Å². The Hall–Kier alpha value is -3.08. The van der Waals surface area contributed by atoms with Gasteiger partial charge in [-0.15, -0.1) is 0 Å². The summed E-state index contributed by atoms with van der Waals surface area (Å²) in [5, 5.41) is 18.2. The molecule has 0 atom stereocenters. The first-order valence-electron chi connectivity index (χ1n) is 7.17. The number of carbonyl (C=O) groups excluding carboxylic acids is 1. The number of halogens is 1. The lowest BCUT2D eigenvalue weighted by Gasteiger charge is -2.36. The number of H-pyrrole nitrogens is 1. The van der Waals surface area contributed by atoms with E-state index < -0.39 is 5.82 Å². The third kappa shape index (κ3) is 3.08. The summed E-state index contributed by atoms with van der Waals surface area (Å²) in [6.07, 6.45) is 3.13. The predicted molar refractivity (Wildman–Crippen MR) is 82.5 cm³/mol. The minimum Gasteiger partial charge on any atom is -0.367 e. The molecule has 0 bridgehead atoms. The molecule has 2 heterocycles. The normalized spacial score (nSPS) is 14.4. The number of aromatic nitrogens is 2. The Balaban J connectivity index is 1.64. The van der Waals surface area contributed by atoms with Gasteiger partial charge in [0.2, 0.25) is 0 Å². The van der Waals surface area contributed by atoms with Crippen molar-refractivity contribution >= 4 is 17.4 Å². The molecule has 0 radical (unpaired) electrons. The van der Waals surface area contributed by atoms with Crippen molar-refractivity contribution in [3.8, 4) is 6.07 Å². The van der Waals surface area contributed by atoms with Gasteiger partial charge in [-0.1, -0.05) is 6.07 Å². The van der Waals surface area contributed by atoms with Crippen LogP contribution in [0.2, 0.25) is 0 Å². The van der Waals surface area contributed by atoms with Gasteiger partial charge in [0.15, 0.2) is 0 Å². The Bertz CT molecular complexity index is 731. The highest BCUT2D eigenvalue weighted by molar-refractivity contribution is 5.89. The molecule has 1 aromatic carbocycles. The number of amides is 2. The lowest BCUT2D eigenvalue weighted by atomic mass is 10.1. The number of urea groups is 1. The zero-order valence-corrected chi connectivity index (χ0v) is 12.3. The van der Waals surface area contributed by atoms with Crippen LogP contribution in [-0.4, -0.2) is 47.3 Å². The molecule has 23 heavy (non-hydrogen) atoms. The van der Waals surface area contributed by atoms with Crippen molar-refractivity contribution in [3.05, 3.63) is 42.0 Å². The Morgan fingerprint density at radius 1 is 1.35 bits per heavy atom. The van der Waals surface area contributed by atoms with E-state index in [2.05, 4.69) is 15.5 Å². The highest BCUT2D eigenvalue weighted by atomic mass is 19.1. The van der Waals surface area contributed by atoms with Crippen LogP contribution < -0.4 is 10.2 Å². The van der Waals surface area contributed by atoms with Gasteiger partial charge in [0.1, 0.15) is 17.4 Å². The van der Waals surface area contributed by atoms with Gasteiger partial charge in [-0.25, -0.2) is 9.18 Å². The number of anilines is 2. The van der Waals surface area contributed by atoms with Crippen molar-refractivity contribution in [2.45, 2.75) is 0 Å². The van der Waals surface area contributed by atoms with Crippen LogP contribution in [0.4, 0.5) is 20.6 Å². The topological polar surface area (TPSA) is 88.1 Å². The second-order valence-corrected chi connectivity index (χ2v) is 5.14. The largest absolute Gasteiger partial charge is 0.367 e. The molecule has 1 aliphatic heterocycles. The molecular weight excluding hydrogens is 299 g/mol. The van der Waals surface area contributed by atoms with E-state index in [-0.39, 0.29) is 11.6 Å². The van der Waals surface area contributed by atoms with Crippen molar-refractivity contribution in [2.75, 3.05) is 36.4 Å². The van der Waals surface area contributed by atoms with Crippen LogP contribution >= 0.6 is 0 Å². The van der Waals surface area contributed by atoms with E-state index in [4.69, 9.17) is 5.26 Å². The molecule has 118 valence electrons. The number of rotatable bonds is 2. The van der Waals surface area contributed by atoms with Crippen LogP contribution in [0, 0.1) is 17.1 Å². The van der Waals surface area contributed by atoms with E-state index in [1.807, 2.05) is 11.0 Å². The lowest BCUT2D eigenvalue weighted by molar-refractivity contribution is 0.208. The van der Waals surface area contributed by atoms with Gasteiger partial charge in [-0.2, -0.15) is 10.4 Å². The van der Waals surface area contributed by atoms with Crippen molar-refractivity contribution in [1.29, 1.82) is 5.26 Å². The summed E-state index contributed by atoms with van der Waals surface area (Å²) in [5.41, 5.74) is 1.22. The summed E-state index contributed by atoms with van der Waals surface area (Å²) >= 11 is 0. The smallest absolute Gasteiger partial charge is 0.322 e. The summed E-state index contributed by atoms with van der Waals surface area (Å²) in [4.78, 5) is 15.7. The molecule has 3 rings (SSSR count). The standard InChI is InChI=1S/C15H15FN6O/c16-13-2-1-3-14(12(13)8-17)21-4-6-22(7-5-21)15(23)20-11-9-18-19-10-11/h1-3,9-10H,4-7H2,(H,18,19)(H,20,23). The average Bonchev–Trinajstić information content (AvgIpc) is 3.07. The molecule has 0 aliphatic carbocycles. The monoisotopic (exact) mass is 314 g/mol. The molecule has 2 N–H and O–H groups in total. The molecule has 1 fully saturated rings. The lowest BCUT2D eigenvalue weighted by Crippen LogP contribution is -2.50. The number of nitrogens with one attached hydrogen (secondary N) is 2. The first kappa shape index (κ1) is 14.8. The minimum atomic E-state index is -0.523. The van der Waals surface area contributed by atoms with E-state index in [0.717, 1.165) is 0 Å². The fourth-order valence-corrected chi connectivity index (χ4v) is 2.56. The molecule has 0 unspecified atom stereocenters. The Kier molecular flexibility index (Phi) is 4.10. The quantitative estimate of drug-likeness (QED) is 0.884. The van der Waals surface area contributed by atoms with Crippen molar-refractivity contribution in [1.82, 2.24) is 15.1 Å². The first-order valence-corrected chi connectivity index (χ1v) is 7.17. The molecule has 1 aromatic heterocycles. The number of nitrogens with zero attached hydrogens (tertiary/aromatic N) is 4. The van der Waals surface area contributed by atoms with Gasteiger partial charge in [0.25, 0.3) is 0 Å². The maximum Gasteiger partial charge on any atom is 0.322 e. The molecule has 1 aliphatic rings. The number of nitriles is 1. The van der Waals surface area contributed by atoms with Gasteiger partial charge in [-0.3, -0.25) is 5.10 Å². The van der Waals surface area contributed by atoms with Gasteiger partial charge in [-0.05, 0) is 12.1 Å². The highest BCUT2D eigenvalue weighted by Gasteiger charge is 2.23. The van der Waals surface area contributed by atoms with Gasteiger partial charge >= 0.3 is 6.03 Å².